The zero-order valence-corrected chi connectivity index (χ0v) is 11.7. The lowest BCUT2D eigenvalue weighted by Crippen LogP contribution is -2.33. The van der Waals surface area contributed by atoms with E-state index in [1.54, 1.807) is 6.07 Å². The zero-order valence-electron chi connectivity index (χ0n) is 11.7. The van der Waals surface area contributed by atoms with E-state index in [1.165, 1.54) is 6.07 Å². The van der Waals surface area contributed by atoms with Crippen molar-refractivity contribution in [2.24, 2.45) is 5.73 Å². The first-order chi connectivity index (χ1) is 10.2. The minimum Gasteiger partial charge on any atom is -0.333 e. The van der Waals surface area contributed by atoms with Gasteiger partial charge in [0.2, 0.25) is 0 Å². The fourth-order valence-electron chi connectivity index (χ4n) is 2.58. The largest absolute Gasteiger partial charge is 0.333 e. The van der Waals surface area contributed by atoms with Crippen LogP contribution >= 0.6 is 0 Å². The highest BCUT2D eigenvalue weighted by Crippen LogP contribution is 2.16. The Labute approximate surface area is 123 Å². The number of nitrogens with two attached hydrogens (primary N) is 1. The van der Waals surface area contributed by atoms with Crippen LogP contribution in [0.4, 0.5) is 4.39 Å². The van der Waals surface area contributed by atoms with Crippen LogP contribution in [0.25, 0.3) is 0 Å². The summed E-state index contributed by atoms with van der Waals surface area (Å²) < 4.78 is 15.8. The molecule has 0 spiro atoms. The summed E-state index contributed by atoms with van der Waals surface area (Å²) in [6.45, 7) is 3.62. The van der Waals surface area contributed by atoms with E-state index < -0.39 is 0 Å². The van der Waals surface area contributed by atoms with E-state index in [1.807, 2.05) is 18.5 Å². The highest BCUT2D eigenvalue weighted by Gasteiger charge is 2.16. The van der Waals surface area contributed by atoms with E-state index in [-0.39, 0.29) is 12.4 Å². The van der Waals surface area contributed by atoms with Gasteiger partial charge in [0.1, 0.15) is 11.6 Å². The van der Waals surface area contributed by atoms with Gasteiger partial charge in [0, 0.05) is 37.6 Å². The molecule has 2 aromatic rings. The monoisotopic (exact) mass is 284 g/mol. The van der Waals surface area contributed by atoms with Gasteiger partial charge in [-0.2, -0.15) is 0 Å². The Morgan fingerprint density at radius 1 is 1.29 bits per heavy atom. The molecule has 108 valence electrons. The first kappa shape index (κ1) is 13.8. The topological polar surface area (TPSA) is 47.1 Å². The van der Waals surface area contributed by atoms with Crippen LogP contribution in [-0.2, 0) is 19.6 Å². The van der Waals surface area contributed by atoms with Gasteiger partial charge in [0.15, 0.2) is 0 Å². The second kappa shape index (κ2) is 6.08. The van der Waals surface area contributed by atoms with Gasteiger partial charge in [0.25, 0.3) is 0 Å². The Morgan fingerprint density at radius 3 is 3.05 bits per heavy atom. The molecule has 0 unspecified atom stereocenters. The Hall–Kier alpha value is -2.16. The van der Waals surface area contributed by atoms with Crippen molar-refractivity contribution in [1.82, 2.24) is 14.5 Å². The number of rotatable bonds is 2. The fourth-order valence-corrected chi connectivity index (χ4v) is 2.58. The number of imidazole rings is 1. The molecule has 3 rings (SSSR count). The number of benzene rings is 1. The summed E-state index contributed by atoms with van der Waals surface area (Å²) in [5.41, 5.74) is 6.95. The van der Waals surface area contributed by atoms with E-state index in [2.05, 4.69) is 26.3 Å². The maximum Gasteiger partial charge on any atom is 0.124 e. The quantitative estimate of drug-likeness (QED) is 0.847. The Bertz CT molecular complexity index is 696. The molecule has 4 nitrogen and oxygen atoms in total. The smallest absolute Gasteiger partial charge is 0.124 e. The predicted octanol–water partition coefficient (Wildman–Crippen LogP) is 1.35. The normalized spacial score (nSPS) is 14.4. The van der Waals surface area contributed by atoms with Gasteiger partial charge in [-0.1, -0.05) is 11.8 Å². The van der Waals surface area contributed by atoms with Crippen LogP contribution in [-0.4, -0.2) is 27.5 Å². The maximum atomic E-state index is 13.7. The molecule has 1 aromatic carbocycles. The molecule has 0 saturated carbocycles. The van der Waals surface area contributed by atoms with Gasteiger partial charge in [-0.3, -0.25) is 4.90 Å². The molecular formula is C16H17FN4. The number of nitrogens with zero attached hydrogens (tertiary/aromatic N) is 3. The van der Waals surface area contributed by atoms with Crippen LogP contribution in [0.5, 0.6) is 0 Å². The van der Waals surface area contributed by atoms with E-state index >= 15 is 0 Å². The minimum atomic E-state index is -0.257. The van der Waals surface area contributed by atoms with Crippen molar-refractivity contribution < 1.29 is 4.39 Å². The number of aromatic nitrogens is 2. The lowest BCUT2D eigenvalue weighted by atomic mass is 10.1. The summed E-state index contributed by atoms with van der Waals surface area (Å²) in [5, 5.41) is 0. The van der Waals surface area contributed by atoms with Gasteiger partial charge in [-0.05, 0) is 23.8 Å². The van der Waals surface area contributed by atoms with Gasteiger partial charge >= 0.3 is 0 Å². The number of fused-ring (bicyclic) bond motifs is 1. The maximum absolute atomic E-state index is 13.7. The molecule has 5 heteroatoms. The van der Waals surface area contributed by atoms with Crippen molar-refractivity contribution in [2.45, 2.75) is 19.6 Å². The summed E-state index contributed by atoms with van der Waals surface area (Å²) in [6.07, 6.45) is 3.82. The van der Waals surface area contributed by atoms with Crippen molar-refractivity contribution in [3.05, 3.63) is 53.4 Å². The van der Waals surface area contributed by atoms with Crippen LogP contribution in [0.3, 0.4) is 0 Å². The predicted molar refractivity (Wildman–Crippen MR) is 78.7 cm³/mol. The molecule has 0 amide bonds. The average Bonchev–Trinajstić information content (AvgIpc) is 2.92. The van der Waals surface area contributed by atoms with Gasteiger partial charge in [-0.15, -0.1) is 0 Å². The second-order valence-corrected chi connectivity index (χ2v) is 5.10. The number of halogens is 1. The first-order valence-electron chi connectivity index (χ1n) is 6.95. The van der Waals surface area contributed by atoms with Crippen molar-refractivity contribution in [2.75, 3.05) is 13.1 Å². The molecule has 0 bridgehead atoms. The van der Waals surface area contributed by atoms with Crippen LogP contribution in [0.1, 0.15) is 17.0 Å². The molecule has 0 saturated heterocycles. The van der Waals surface area contributed by atoms with Crippen LogP contribution in [0, 0.1) is 17.7 Å². The van der Waals surface area contributed by atoms with E-state index in [4.69, 9.17) is 5.73 Å². The van der Waals surface area contributed by atoms with E-state index in [9.17, 15) is 4.39 Å². The molecular weight excluding hydrogens is 267 g/mol. The Kier molecular flexibility index (Phi) is 4.00. The summed E-state index contributed by atoms with van der Waals surface area (Å²) in [7, 11) is 0. The Balaban J connectivity index is 1.75. The van der Waals surface area contributed by atoms with Crippen LogP contribution in [0.15, 0.2) is 30.6 Å². The van der Waals surface area contributed by atoms with Crippen molar-refractivity contribution in [3.8, 4) is 11.8 Å². The third kappa shape index (κ3) is 3.30. The third-order valence-electron chi connectivity index (χ3n) is 3.52. The van der Waals surface area contributed by atoms with Gasteiger partial charge in [0.05, 0.1) is 13.1 Å². The lowest BCUT2D eigenvalue weighted by Gasteiger charge is -2.27. The van der Waals surface area contributed by atoms with Crippen molar-refractivity contribution in [3.63, 3.8) is 0 Å². The molecule has 2 N–H and O–H groups in total. The fraction of sp³-hybridized carbons (Fsp3) is 0.312. The molecule has 2 heterocycles. The molecule has 21 heavy (non-hydrogen) atoms. The van der Waals surface area contributed by atoms with Gasteiger partial charge < -0.3 is 10.3 Å². The van der Waals surface area contributed by atoms with Crippen molar-refractivity contribution >= 4 is 0 Å². The van der Waals surface area contributed by atoms with E-state index in [0.717, 1.165) is 31.0 Å². The average molecular weight is 284 g/mol. The summed E-state index contributed by atoms with van der Waals surface area (Å²) >= 11 is 0. The molecule has 0 atom stereocenters. The molecule has 1 aromatic heterocycles. The minimum absolute atomic E-state index is 0.257. The molecule has 1 aliphatic heterocycles. The SMILES string of the molecule is NCC#Cc1cc(F)cc(CN2CCn3ccnc3C2)c1. The van der Waals surface area contributed by atoms with Crippen LogP contribution < -0.4 is 5.73 Å². The Morgan fingerprint density at radius 2 is 2.19 bits per heavy atom. The van der Waals surface area contributed by atoms with Crippen LogP contribution in [0.2, 0.25) is 0 Å². The highest BCUT2D eigenvalue weighted by molar-refractivity contribution is 5.38. The standard InChI is InChI=1S/C16H17FN4/c17-15-9-13(2-1-3-18)8-14(10-15)11-20-6-7-21-5-4-19-16(21)12-20/h4-5,8-10H,3,6-7,11-12,18H2. The summed E-state index contributed by atoms with van der Waals surface area (Å²) in [5.74, 6) is 6.44. The highest BCUT2D eigenvalue weighted by atomic mass is 19.1. The molecule has 1 aliphatic rings. The van der Waals surface area contributed by atoms with Crippen molar-refractivity contribution in [1.29, 1.82) is 0 Å². The van der Waals surface area contributed by atoms with Gasteiger partial charge in [-0.25, -0.2) is 9.37 Å². The zero-order chi connectivity index (χ0) is 14.7. The van der Waals surface area contributed by atoms with E-state index in [0.29, 0.717) is 12.1 Å². The lowest BCUT2D eigenvalue weighted by molar-refractivity contribution is 0.208. The number of hydrogen-bond donors (Lipinski definition) is 1. The first-order valence-corrected chi connectivity index (χ1v) is 6.95. The number of hydrogen-bond acceptors (Lipinski definition) is 3. The second-order valence-electron chi connectivity index (χ2n) is 5.10. The molecule has 0 radical (unpaired) electrons. The third-order valence-corrected chi connectivity index (χ3v) is 3.52. The molecule has 0 aliphatic carbocycles. The summed E-state index contributed by atoms with van der Waals surface area (Å²) in [4.78, 5) is 6.60. The summed E-state index contributed by atoms with van der Waals surface area (Å²) in [6, 6.07) is 4.93. The molecule has 0 fully saturated rings.